The van der Waals surface area contributed by atoms with Crippen LogP contribution in [0.25, 0.3) is 6.08 Å². The lowest BCUT2D eigenvalue weighted by molar-refractivity contribution is -0.398. The molecule has 1 fully saturated rings. The van der Waals surface area contributed by atoms with Crippen molar-refractivity contribution < 1.29 is 47.9 Å². The van der Waals surface area contributed by atoms with Crippen molar-refractivity contribution >= 4 is 16.1 Å². The van der Waals surface area contributed by atoms with Gasteiger partial charge in [0.25, 0.3) is 0 Å². The van der Waals surface area contributed by atoms with Gasteiger partial charge in [-0.15, -0.1) is 0 Å². The maximum atomic E-state index is 14.7. The molecule has 2 aromatic carbocycles. The average molecular weight is 559 g/mol. The van der Waals surface area contributed by atoms with Gasteiger partial charge in [-0.1, -0.05) is 61.0 Å². The third-order valence-electron chi connectivity index (χ3n) is 6.27. The van der Waals surface area contributed by atoms with E-state index in [0.29, 0.717) is 15.4 Å². The van der Waals surface area contributed by atoms with Crippen LogP contribution in [-0.4, -0.2) is 49.8 Å². The van der Waals surface area contributed by atoms with Gasteiger partial charge < -0.3 is 0 Å². The number of rotatable bonds is 7. The summed E-state index contributed by atoms with van der Waals surface area (Å²) in [5.74, 6) is -19.7. The van der Waals surface area contributed by atoms with Crippen LogP contribution in [0.2, 0.25) is 0 Å². The van der Waals surface area contributed by atoms with Gasteiger partial charge in [0, 0.05) is 24.9 Å². The van der Waals surface area contributed by atoms with Crippen molar-refractivity contribution in [1.82, 2.24) is 4.31 Å². The number of benzene rings is 2. The number of alkyl halides is 9. The van der Waals surface area contributed by atoms with Crippen LogP contribution in [0, 0.1) is 12.3 Å². The van der Waals surface area contributed by atoms with E-state index in [4.69, 9.17) is 0 Å². The van der Waals surface area contributed by atoms with E-state index < -0.39 is 58.9 Å². The predicted octanol–water partition coefficient (Wildman–Crippen LogP) is 6.95. The van der Waals surface area contributed by atoms with Crippen molar-refractivity contribution in [3.63, 3.8) is 0 Å². The van der Waals surface area contributed by atoms with E-state index in [2.05, 4.69) is 0 Å². The Kier molecular flexibility index (Phi) is 7.32. The van der Waals surface area contributed by atoms with Gasteiger partial charge in [-0.25, -0.2) is 8.42 Å². The van der Waals surface area contributed by atoms with Gasteiger partial charge in [-0.05, 0) is 30.2 Å². The molecule has 1 unspecified atom stereocenters. The van der Waals surface area contributed by atoms with Gasteiger partial charge in [0.1, 0.15) is 0 Å². The molecule has 3 rings (SSSR count). The van der Waals surface area contributed by atoms with Crippen molar-refractivity contribution in [3.8, 4) is 0 Å². The Labute approximate surface area is 207 Å². The molecule has 1 aliphatic rings. The Bertz CT molecular complexity index is 1260. The van der Waals surface area contributed by atoms with Gasteiger partial charge in [0.2, 0.25) is 10.0 Å². The Morgan fingerprint density at radius 3 is 1.92 bits per heavy atom. The minimum atomic E-state index is -7.03. The topological polar surface area (TPSA) is 37.4 Å². The molecule has 2 aromatic rings. The monoisotopic (exact) mass is 559 g/mol. The molecule has 0 aromatic heterocycles. The average Bonchev–Trinajstić information content (AvgIpc) is 3.09. The van der Waals surface area contributed by atoms with E-state index in [1.165, 1.54) is 42.5 Å². The van der Waals surface area contributed by atoms with Crippen LogP contribution in [-0.2, 0) is 10.0 Å². The van der Waals surface area contributed by atoms with Crippen LogP contribution in [0.5, 0.6) is 0 Å². The molecule has 0 saturated carbocycles. The number of aryl methyl sites for hydroxylation is 1. The minimum Gasteiger partial charge on any atom is -0.207 e. The number of hydrogen-bond donors (Lipinski definition) is 0. The molecule has 1 saturated heterocycles. The molecule has 0 aliphatic carbocycles. The van der Waals surface area contributed by atoms with E-state index in [1.54, 1.807) is 25.1 Å². The molecule has 37 heavy (non-hydrogen) atoms. The second kappa shape index (κ2) is 9.33. The number of sulfonamides is 1. The quantitative estimate of drug-likeness (QED) is 0.345. The third-order valence-corrected chi connectivity index (χ3v) is 8.07. The second-order valence-electron chi connectivity index (χ2n) is 9.25. The van der Waals surface area contributed by atoms with E-state index in [9.17, 15) is 47.9 Å². The summed E-state index contributed by atoms with van der Waals surface area (Å²) in [5.41, 5.74) is -1.31. The lowest BCUT2D eigenvalue weighted by Gasteiger charge is -2.38. The van der Waals surface area contributed by atoms with Gasteiger partial charge in [0.05, 0.1) is 4.90 Å². The fraction of sp³-hybridized carbons (Fsp3) is 0.417. The maximum absolute atomic E-state index is 14.7. The predicted molar refractivity (Wildman–Crippen MR) is 118 cm³/mol. The zero-order valence-electron chi connectivity index (χ0n) is 19.5. The summed E-state index contributed by atoms with van der Waals surface area (Å²) in [6.07, 6.45) is -7.88. The maximum Gasteiger partial charge on any atom is 0.460 e. The number of hydrogen-bond acceptors (Lipinski definition) is 2. The Morgan fingerprint density at radius 1 is 0.865 bits per heavy atom. The summed E-state index contributed by atoms with van der Waals surface area (Å²) in [6.45, 7) is 1.19. The summed E-state index contributed by atoms with van der Waals surface area (Å²) in [7, 11) is -4.36. The van der Waals surface area contributed by atoms with Crippen molar-refractivity contribution in [2.75, 3.05) is 13.1 Å². The first-order chi connectivity index (χ1) is 16.7. The van der Waals surface area contributed by atoms with Gasteiger partial charge in [-0.3, -0.25) is 0 Å². The van der Waals surface area contributed by atoms with Crippen LogP contribution >= 0.6 is 0 Å². The SMILES string of the molecule is Cc1ccc(S(=O)(=O)N2C/C(=C/c3ccccc3)C(C)(CC(F)(F)C(F)(F)C(F)(F)C(F)(F)F)C2)cc1. The lowest BCUT2D eigenvalue weighted by Crippen LogP contribution is -2.61. The Morgan fingerprint density at radius 2 is 1.41 bits per heavy atom. The van der Waals surface area contributed by atoms with Crippen molar-refractivity contribution in [2.45, 2.75) is 49.1 Å². The normalized spacial score (nSPS) is 21.5. The van der Waals surface area contributed by atoms with Crippen molar-refractivity contribution in [2.24, 2.45) is 5.41 Å². The molecular formula is C24H22F9NO2S. The fourth-order valence-corrected chi connectivity index (χ4v) is 5.65. The van der Waals surface area contributed by atoms with Gasteiger partial charge >= 0.3 is 23.9 Å². The molecule has 0 bridgehead atoms. The molecule has 1 heterocycles. The zero-order valence-corrected chi connectivity index (χ0v) is 20.3. The van der Waals surface area contributed by atoms with Gasteiger partial charge in [0.15, 0.2) is 0 Å². The molecule has 204 valence electrons. The van der Waals surface area contributed by atoms with E-state index in [-0.39, 0.29) is 10.5 Å². The first-order valence-corrected chi connectivity index (χ1v) is 12.2. The third kappa shape index (κ3) is 5.25. The highest BCUT2D eigenvalue weighted by Gasteiger charge is 2.82. The van der Waals surface area contributed by atoms with Crippen molar-refractivity contribution in [3.05, 3.63) is 71.3 Å². The van der Waals surface area contributed by atoms with E-state index in [1.807, 2.05) is 0 Å². The highest BCUT2D eigenvalue weighted by Crippen LogP contribution is 2.57. The van der Waals surface area contributed by atoms with Crippen LogP contribution in [0.15, 0.2) is 65.1 Å². The molecule has 1 atom stereocenters. The smallest absolute Gasteiger partial charge is 0.207 e. The van der Waals surface area contributed by atoms with Crippen LogP contribution in [0.3, 0.4) is 0 Å². The zero-order chi connectivity index (χ0) is 28.1. The summed E-state index contributed by atoms with van der Waals surface area (Å²) < 4.78 is 150. The highest BCUT2D eigenvalue weighted by molar-refractivity contribution is 7.89. The lowest BCUT2D eigenvalue weighted by atomic mass is 9.77. The Hall–Kier alpha value is -2.54. The standard InChI is InChI=1S/C24H22F9NO2S/c1-16-8-10-19(11-9-16)37(35,36)34-13-18(12-17-6-4-3-5-7-17)20(2,15-34)14-21(25,26)22(27,28)23(29,30)24(31,32)33/h3-12H,13-15H2,1-2H3/b18-12-. The highest BCUT2D eigenvalue weighted by atomic mass is 32.2. The summed E-state index contributed by atoms with van der Waals surface area (Å²) in [6, 6.07) is 13.1. The molecule has 0 amide bonds. The largest absolute Gasteiger partial charge is 0.460 e. The molecule has 13 heteroatoms. The Balaban J connectivity index is 2.07. The summed E-state index contributed by atoms with van der Waals surface area (Å²) in [4.78, 5) is -0.234. The molecule has 0 radical (unpaired) electrons. The summed E-state index contributed by atoms with van der Waals surface area (Å²) in [5, 5.41) is 0. The minimum absolute atomic E-state index is 0.153. The van der Waals surface area contributed by atoms with Crippen LogP contribution < -0.4 is 0 Å². The van der Waals surface area contributed by atoms with Crippen LogP contribution in [0.1, 0.15) is 24.5 Å². The first-order valence-electron chi connectivity index (χ1n) is 10.8. The fourth-order valence-electron chi connectivity index (χ4n) is 4.11. The van der Waals surface area contributed by atoms with Gasteiger partial charge in [-0.2, -0.15) is 43.8 Å². The van der Waals surface area contributed by atoms with Crippen molar-refractivity contribution in [1.29, 1.82) is 0 Å². The summed E-state index contributed by atoms with van der Waals surface area (Å²) >= 11 is 0. The second-order valence-corrected chi connectivity index (χ2v) is 11.2. The molecule has 0 N–H and O–H groups in total. The molecular weight excluding hydrogens is 537 g/mol. The van der Waals surface area contributed by atoms with Crippen LogP contribution in [0.4, 0.5) is 39.5 Å². The molecule has 1 aliphatic heterocycles. The number of nitrogens with zero attached hydrogens (tertiary/aromatic N) is 1. The number of halogens is 9. The molecule has 3 nitrogen and oxygen atoms in total. The van der Waals surface area contributed by atoms with E-state index in [0.717, 1.165) is 6.92 Å². The molecule has 0 spiro atoms. The van der Waals surface area contributed by atoms with E-state index >= 15 is 0 Å². The first kappa shape index (κ1) is 29.0.